The predicted molar refractivity (Wildman–Crippen MR) is 117 cm³/mol. The van der Waals surface area contributed by atoms with Gasteiger partial charge in [-0.3, -0.25) is 4.79 Å². The third-order valence-corrected chi connectivity index (χ3v) is 4.94. The Bertz CT molecular complexity index is 985. The quantitative estimate of drug-likeness (QED) is 0.550. The lowest BCUT2D eigenvalue weighted by molar-refractivity contribution is -0.885. The zero-order chi connectivity index (χ0) is 20.9. The van der Waals surface area contributed by atoms with Gasteiger partial charge in [0.25, 0.3) is 5.91 Å². The molecule has 0 aliphatic rings. The molecule has 3 aromatic rings. The van der Waals surface area contributed by atoms with E-state index in [-0.39, 0.29) is 19.1 Å². The lowest BCUT2D eigenvalue weighted by Crippen LogP contribution is -2.50. The van der Waals surface area contributed by atoms with Gasteiger partial charge >= 0.3 is 0 Å². The van der Waals surface area contributed by atoms with Gasteiger partial charge in [-0.25, -0.2) is 0 Å². The molecule has 3 rings (SSSR count). The molecule has 0 aromatic heterocycles. The first kappa shape index (κ1) is 21.1. The number of carbonyl (C=O) groups is 1. The molecule has 0 aliphatic carbocycles. The normalized spacial score (nSPS) is 12.6. The molecule has 0 spiro atoms. The minimum atomic E-state index is -0.711. The fourth-order valence-electron chi connectivity index (χ4n) is 3.34. The minimum absolute atomic E-state index is 0.155. The molecule has 0 fully saturated rings. The van der Waals surface area contributed by atoms with Gasteiger partial charge < -0.3 is 19.6 Å². The van der Waals surface area contributed by atoms with Crippen LogP contribution in [0.1, 0.15) is 0 Å². The Morgan fingerprint density at radius 3 is 2.55 bits per heavy atom. The van der Waals surface area contributed by atoms with E-state index in [2.05, 4.69) is 5.32 Å². The molecule has 3 aromatic carbocycles. The van der Waals surface area contributed by atoms with Crippen LogP contribution >= 0.6 is 11.6 Å². The molecule has 1 atom stereocenters. The maximum absolute atomic E-state index is 12.4. The predicted octanol–water partition coefficient (Wildman–Crippen LogP) is 3.95. The molecule has 0 heterocycles. The van der Waals surface area contributed by atoms with Crippen LogP contribution in [0.5, 0.6) is 5.75 Å². The van der Waals surface area contributed by atoms with E-state index in [9.17, 15) is 9.90 Å². The molecule has 152 valence electrons. The molecule has 5 nitrogen and oxygen atoms in total. The highest BCUT2D eigenvalue weighted by Crippen LogP contribution is 2.25. The van der Waals surface area contributed by atoms with Crippen molar-refractivity contribution < 1.29 is 19.1 Å². The molecular formula is C23H26ClN2O3+. The van der Waals surface area contributed by atoms with Crippen molar-refractivity contribution in [2.24, 2.45) is 0 Å². The molecule has 0 radical (unpaired) electrons. The second-order valence-corrected chi connectivity index (χ2v) is 8.15. The summed E-state index contributed by atoms with van der Waals surface area (Å²) >= 11 is 6.09. The molecule has 2 N–H and O–H groups in total. The van der Waals surface area contributed by atoms with E-state index in [0.717, 1.165) is 16.5 Å². The zero-order valence-electron chi connectivity index (χ0n) is 16.6. The molecule has 29 heavy (non-hydrogen) atoms. The van der Waals surface area contributed by atoms with Crippen LogP contribution in [-0.4, -0.2) is 55.4 Å². The molecular weight excluding hydrogens is 388 g/mol. The van der Waals surface area contributed by atoms with Crippen molar-refractivity contribution in [3.63, 3.8) is 0 Å². The number of ether oxygens (including phenoxy) is 1. The number of fused-ring (bicyclic) bond motifs is 1. The number of nitrogens with zero attached hydrogens (tertiary/aromatic N) is 1. The number of aliphatic hydroxyl groups is 1. The first-order valence-electron chi connectivity index (χ1n) is 9.49. The van der Waals surface area contributed by atoms with Crippen LogP contribution in [0.4, 0.5) is 5.69 Å². The Kier molecular flexibility index (Phi) is 6.75. The van der Waals surface area contributed by atoms with Gasteiger partial charge in [0.1, 0.15) is 25.0 Å². The largest absolute Gasteiger partial charge is 0.490 e. The van der Waals surface area contributed by atoms with Gasteiger partial charge in [-0.15, -0.1) is 0 Å². The molecule has 1 unspecified atom stereocenters. The fourth-order valence-corrected chi connectivity index (χ4v) is 3.52. The SMILES string of the molecule is C[N+](C)(CC(=O)Nc1ccccc1Cl)CC(O)COc1cccc2ccccc12. The van der Waals surface area contributed by atoms with E-state index >= 15 is 0 Å². The fraction of sp³-hybridized carbons (Fsp3) is 0.261. The van der Waals surface area contributed by atoms with E-state index < -0.39 is 6.10 Å². The van der Waals surface area contributed by atoms with Crippen LogP contribution in [0.3, 0.4) is 0 Å². The molecule has 0 saturated carbocycles. The van der Waals surface area contributed by atoms with Crippen LogP contribution in [0, 0.1) is 0 Å². The highest BCUT2D eigenvalue weighted by Gasteiger charge is 2.25. The van der Waals surface area contributed by atoms with Crippen molar-refractivity contribution in [3.8, 4) is 5.75 Å². The Hall–Kier alpha value is -2.60. The van der Waals surface area contributed by atoms with E-state index in [0.29, 0.717) is 21.7 Å². The molecule has 0 saturated heterocycles. The van der Waals surface area contributed by atoms with Gasteiger partial charge in [-0.1, -0.05) is 60.1 Å². The Balaban J connectivity index is 1.54. The number of carbonyl (C=O) groups excluding carboxylic acids is 1. The summed E-state index contributed by atoms with van der Waals surface area (Å²) in [4.78, 5) is 12.4. The average Bonchev–Trinajstić information content (AvgIpc) is 2.67. The number of para-hydroxylation sites is 1. The first-order chi connectivity index (χ1) is 13.8. The monoisotopic (exact) mass is 413 g/mol. The third-order valence-electron chi connectivity index (χ3n) is 4.61. The van der Waals surface area contributed by atoms with Crippen LogP contribution in [0.15, 0.2) is 66.7 Å². The molecule has 0 aliphatic heterocycles. The maximum atomic E-state index is 12.4. The minimum Gasteiger partial charge on any atom is -0.490 e. The number of nitrogens with one attached hydrogen (secondary N) is 1. The highest BCUT2D eigenvalue weighted by molar-refractivity contribution is 6.33. The van der Waals surface area contributed by atoms with Crippen LogP contribution in [0.2, 0.25) is 5.02 Å². The summed E-state index contributed by atoms with van der Waals surface area (Å²) in [5.41, 5.74) is 0.582. The summed E-state index contributed by atoms with van der Waals surface area (Å²) in [5.74, 6) is 0.578. The Morgan fingerprint density at radius 1 is 1.07 bits per heavy atom. The number of rotatable bonds is 8. The highest BCUT2D eigenvalue weighted by atomic mass is 35.5. The third kappa shape index (κ3) is 5.94. The van der Waals surface area contributed by atoms with Crippen molar-refractivity contribution in [1.29, 1.82) is 0 Å². The Labute approximate surface area is 176 Å². The van der Waals surface area contributed by atoms with Crippen LogP contribution < -0.4 is 10.1 Å². The summed E-state index contributed by atoms with van der Waals surface area (Å²) in [6, 6.07) is 20.9. The number of amides is 1. The second-order valence-electron chi connectivity index (χ2n) is 7.75. The van der Waals surface area contributed by atoms with Gasteiger partial charge in [-0.2, -0.15) is 0 Å². The standard InChI is InChI=1S/C23H25ClN2O3/c1-26(2,15-23(28)25-21-12-6-5-11-20(21)24)14-18(27)16-29-22-13-7-9-17-8-3-4-10-19(17)22/h3-13,18,27H,14-16H2,1-2H3/p+1. The molecule has 1 amide bonds. The summed E-state index contributed by atoms with van der Waals surface area (Å²) < 4.78 is 6.18. The van der Waals surface area contributed by atoms with Gasteiger partial charge in [0.15, 0.2) is 6.54 Å². The second kappa shape index (κ2) is 9.27. The zero-order valence-corrected chi connectivity index (χ0v) is 17.4. The van der Waals surface area contributed by atoms with Crippen molar-refractivity contribution in [1.82, 2.24) is 0 Å². The number of quaternary nitrogens is 1. The van der Waals surface area contributed by atoms with Gasteiger partial charge in [0, 0.05) is 5.39 Å². The Morgan fingerprint density at radius 2 is 1.76 bits per heavy atom. The summed E-state index contributed by atoms with van der Waals surface area (Å²) in [6.07, 6.45) is -0.711. The summed E-state index contributed by atoms with van der Waals surface area (Å²) in [6.45, 7) is 0.735. The van der Waals surface area contributed by atoms with E-state index in [4.69, 9.17) is 16.3 Å². The number of likely N-dealkylation sites (N-methyl/N-ethyl adjacent to an activating group) is 1. The molecule has 0 bridgehead atoms. The topological polar surface area (TPSA) is 58.6 Å². The van der Waals surface area contributed by atoms with Crippen LogP contribution in [-0.2, 0) is 4.79 Å². The van der Waals surface area contributed by atoms with Gasteiger partial charge in [0.05, 0.1) is 24.8 Å². The number of aliphatic hydroxyl groups excluding tert-OH is 1. The number of hydrogen-bond acceptors (Lipinski definition) is 3. The van der Waals surface area contributed by atoms with Crippen molar-refractivity contribution in [2.45, 2.75) is 6.10 Å². The van der Waals surface area contributed by atoms with Crippen LogP contribution in [0.25, 0.3) is 10.8 Å². The lowest BCUT2D eigenvalue weighted by atomic mass is 10.1. The van der Waals surface area contributed by atoms with E-state index in [1.54, 1.807) is 12.1 Å². The van der Waals surface area contributed by atoms with Crippen molar-refractivity contribution in [2.75, 3.05) is 39.1 Å². The van der Waals surface area contributed by atoms with E-state index in [1.165, 1.54) is 0 Å². The average molecular weight is 414 g/mol. The first-order valence-corrected chi connectivity index (χ1v) is 9.87. The summed E-state index contributed by atoms with van der Waals surface area (Å²) in [5, 5.41) is 15.9. The lowest BCUT2D eigenvalue weighted by Gasteiger charge is -2.31. The maximum Gasteiger partial charge on any atom is 0.279 e. The number of halogens is 1. The number of anilines is 1. The van der Waals surface area contributed by atoms with Gasteiger partial charge in [0.2, 0.25) is 0 Å². The van der Waals surface area contributed by atoms with Gasteiger partial charge in [-0.05, 0) is 23.6 Å². The van der Waals surface area contributed by atoms with Crippen molar-refractivity contribution in [3.05, 3.63) is 71.8 Å². The summed E-state index contributed by atoms with van der Waals surface area (Å²) in [7, 11) is 3.79. The molecule has 6 heteroatoms. The van der Waals surface area contributed by atoms with Crippen molar-refractivity contribution >= 4 is 34.0 Å². The number of benzene rings is 3. The smallest absolute Gasteiger partial charge is 0.279 e. The number of hydrogen-bond donors (Lipinski definition) is 2. The van der Waals surface area contributed by atoms with E-state index in [1.807, 2.05) is 68.7 Å².